The van der Waals surface area contributed by atoms with Crippen LogP contribution in [-0.4, -0.2) is 34.0 Å². The number of amides is 2. The zero-order chi connectivity index (χ0) is 22.8. The van der Waals surface area contributed by atoms with Crippen LogP contribution in [0.15, 0.2) is 53.2 Å². The van der Waals surface area contributed by atoms with E-state index in [1.54, 1.807) is 6.92 Å². The molecule has 2 amide bonds. The summed E-state index contributed by atoms with van der Waals surface area (Å²) in [6.45, 7) is 1.23. The third-order valence-electron chi connectivity index (χ3n) is 4.56. The van der Waals surface area contributed by atoms with Crippen molar-refractivity contribution in [2.24, 2.45) is 0 Å². The summed E-state index contributed by atoms with van der Waals surface area (Å²) in [5.41, 5.74) is -0.703. The fourth-order valence-corrected chi connectivity index (χ4v) is 2.97. The molecule has 3 aromatic rings. The van der Waals surface area contributed by atoms with Crippen LogP contribution < -0.4 is 5.32 Å². The second-order valence-corrected chi connectivity index (χ2v) is 6.80. The Morgan fingerprint density at radius 3 is 2.52 bits per heavy atom. The summed E-state index contributed by atoms with van der Waals surface area (Å²) in [7, 11) is 1.32. The molecule has 1 heterocycles. The number of anilines is 1. The molecular formula is C21H18F3N3O4. The quantitative estimate of drug-likeness (QED) is 0.587. The lowest BCUT2D eigenvalue weighted by Crippen LogP contribution is -2.27. The predicted octanol–water partition coefficient (Wildman–Crippen LogP) is 4.23. The third-order valence-corrected chi connectivity index (χ3v) is 4.56. The van der Waals surface area contributed by atoms with Crippen molar-refractivity contribution in [3.8, 4) is 5.75 Å². The maximum absolute atomic E-state index is 13.2. The summed E-state index contributed by atoms with van der Waals surface area (Å²) in [6, 6.07) is 8.77. The van der Waals surface area contributed by atoms with Crippen molar-refractivity contribution in [3.63, 3.8) is 0 Å². The molecule has 0 saturated carbocycles. The van der Waals surface area contributed by atoms with E-state index < -0.39 is 23.6 Å². The fourth-order valence-electron chi connectivity index (χ4n) is 2.97. The average molecular weight is 433 g/mol. The molecule has 0 saturated heterocycles. The number of aromatic nitrogens is 1. The minimum atomic E-state index is -4.56. The molecule has 0 aliphatic rings. The summed E-state index contributed by atoms with van der Waals surface area (Å²) >= 11 is 0. The molecule has 0 spiro atoms. The first-order valence-electron chi connectivity index (χ1n) is 9.04. The number of alkyl halides is 3. The largest absolute Gasteiger partial charge is 0.507 e. The lowest BCUT2D eigenvalue weighted by molar-refractivity contribution is -0.138. The highest BCUT2D eigenvalue weighted by Crippen LogP contribution is 2.32. The number of nitrogens with zero attached hydrogens (tertiary/aromatic N) is 2. The molecule has 0 radical (unpaired) electrons. The minimum Gasteiger partial charge on any atom is -0.507 e. The van der Waals surface area contributed by atoms with Gasteiger partial charge in [0.1, 0.15) is 17.1 Å². The van der Waals surface area contributed by atoms with Crippen molar-refractivity contribution in [2.45, 2.75) is 19.6 Å². The highest BCUT2D eigenvalue weighted by Gasteiger charge is 2.33. The van der Waals surface area contributed by atoms with Crippen molar-refractivity contribution < 1.29 is 32.4 Å². The Bertz CT molecular complexity index is 1130. The van der Waals surface area contributed by atoms with Crippen LogP contribution in [0.4, 0.5) is 18.9 Å². The van der Waals surface area contributed by atoms with Crippen LogP contribution in [0.3, 0.4) is 0 Å². The number of phenols is 1. The molecule has 0 aliphatic heterocycles. The number of nitrogens with one attached hydrogen (secondary N) is 1. The molecule has 31 heavy (non-hydrogen) atoms. The van der Waals surface area contributed by atoms with Gasteiger partial charge in [0.2, 0.25) is 0 Å². The second-order valence-electron chi connectivity index (χ2n) is 6.80. The van der Waals surface area contributed by atoms with Crippen LogP contribution >= 0.6 is 0 Å². The van der Waals surface area contributed by atoms with Gasteiger partial charge < -0.3 is 19.8 Å². The summed E-state index contributed by atoms with van der Waals surface area (Å²) in [4.78, 5) is 26.1. The first-order chi connectivity index (χ1) is 14.6. The third kappa shape index (κ3) is 4.85. The van der Waals surface area contributed by atoms with Crippen LogP contribution in [0.2, 0.25) is 0 Å². The Balaban J connectivity index is 1.81. The van der Waals surface area contributed by atoms with E-state index in [0.29, 0.717) is 5.76 Å². The molecule has 2 aromatic carbocycles. The molecule has 0 unspecified atom stereocenters. The molecule has 0 bridgehead atoms. The van der Waals surface area contributed by atoms with Crippen LogP contribution in [0.25, 0.3) is 0 Å². The number of carbonyl (C=O) groups is 2. The SMILES string of the molecule is Cc1oncc1C(=O)Nc1ccc(O)c(C(=O)N(C)Cc2ccccc2C(F)(F)F)c1. The number of benzene rings is 2. The van der Waals surface area contributed by atoms with E-state index in [1.165, 1.54) is 49.6 Å². The van der Waals surface area contributed by atoms with Gasteiger partial charge in [0.15, 0.2) is 0 Å². The van der Waals surface area contributed by atoms with Gasteiger partial charge in [-0.3, -0.25) is 9.59 Å². The smallest absolute Gasteiger partial charge is 0.416 e. The minimum absolute atomic E-state index is 0.0854. The number of aromatic hydroxyl groups is 1. The van der Waals surface area contributed by atoms with Crippen LogP contribution in [0, 0.1) is 6.92 Å². The number of hydrogen-bond donors (Lipinski definition) is 2. The first kappa shape index (κ1) is 21.9. The summed E-state index contributed by atoms with van der Waals surface area (Å²) in [5.74, 6) is -1.32. The molecule has 3 rings (SSSR count). The number of rotatable bonds is 5. The molecule has 0 fully saturated rings. The Hall–Kier alpha value is -3.82. The van der Waals surface area contributed by atoms with Crippen molar-refractivity contribution in [2.75, 3.05) is 12.4 Å². The van der Waals surface area contributed by atoms with E-state index in [2.05, 4.69) is 10.5 Å². The lowest BCUT2D eigenvalue weighted by atomic mass is 10.1. The molecular weight excluding hydrogens is 415 g/mol. The van der Waals surface area contributed by atoms with Gasteiger partial charge in [0, 0.05) is 19.3 Å². The van der Waals surface area contributed by atoms with E-state index in [1.807, 2.05) is 0 Å². The average Bonchev–Trinajstić information content (AvgIpc) is 3.14. The number of carbonyl (C=O) groups excluding carboxylic acids is 2. The van der Waals surface area contributed by atoms with Gasteiger partial charge in [-0.15, -0.1) is 0 Å². The standard InChI is InChI=1S/C21H18F3N3O4/c1-12-16(10-25-31-12)19(29)26-14-7-8-18(28)15(9-14)20(30)27(2)11-13-5-3-4-6-17(13)21(22,23)24/h3-10,28H,11H2,1-2H3,(H,26,29). The number of halogens is 3. The Kier molecular flexibility index (Phi) is 6.00. The topological polar surface area (TPSA) is 95.7 Å². The number of aryl methyl sites for hydroxylation is 1. The zero-order valence-electron chi connectivity index (χ0n) is 16.5. The zero-order valence-corrected chi connectivity index (χ0v) is 16.5. The van der Waals surface area contributed by atoms with Crippen molar-refractivity contribution in [1.82, 2.24) is 10.1 Å². The highest BCUT2D eigenvalue weighted by atomic mass is 19.4. The lowest BCUT2D eigenvalue weighted by Gasteiger charge is -2.21. The van der Waals surface area contributed by atoms with Crippen LogP contribution in [-0.2, 0) is 12.7 Å². The van der Waals surface area contributed by atoms with E-state index in [9.17, 15) is 27.9 Å². The number of phenolic OH excluding ortho intramolecular Hbond substituents is 1. The maximum Gasteiger partial charge on any atom is 0.416 e. The van der Waals surface area contributed by atoms with E-state index in [-0.39, 0.29) is 34.7 Å². The molecule has 1 aromatic heterocycles. The Morgan fingerprint density at radius 1 is 1.16 bits per heavy atom. The summed E-state index contributed by atoms with van der Waals surface area (Å²) in [5, 5.41) is 16.2. The van der Waals surface area contributed by atoms with Crippen LogP contribution in [0.1, 0.15) is 37.6 Å². The predicted molar refractivity (Wildman–Crippen MR) is 105 cm³/mol. The van der Waals surface area contributed by atoms with Gasteiger partial charge in [-0.25, -0.2) is 0 Å². The van der Waals surface area contributed by atoms with E-state index >= 15 is 0 Å². The van der Waals surface area contributed by atoms with Crippen LogP contribution in [0.5, 0.6) is 5.75 Å². The van der Waals surface area contributed by atoms with E-state index in [0.717, 1.165) is 11.0 Å². The van der Waals surface area contributed by atoms with Gasteiger partial charge in [-0.2, -0.15) is 13.2 Å². The Morgan fingerprint density at radius 2 is 1.87 bits per heavy atom. The first-order valence-corrected chi connectivity index (χ1v) is 9.04. The monoisotopic (exact) mass is 433 g/mol. The molecule has 7 nitrogen and oxygen atoms in total. The van der Waals surface area contributed by atoms with E-state index in [4.69, 9.17) is 4.52 Å². The van der Waals surface area contributed by atoms with Gasteiger partial charge in [0.25, 0.3) is 11.8 Å². The molecule has 10 heteroatoms. The highest BCUT2D eigenvalue weighted by molar-refractivity contribution is 6.05. The summed E-state index contributed by atoms with van der Waals surface area (Å²) < 4.78 is 44.5. The normalized spacial score (nSPS) is 11.3. The molecule has 0 aliphatic carbocycles. The van der Waals surface area contributed by atoms with Crippen molar-refractivity contribution in [3.05, 3.63) is 76.7 Å². The van der Waals surface area contributed by atoms with Gasteiger partial charge >= 0.3 is 6.18 Å². The molecule has 0 atom stereocenters. The number of hydrogen-bond acceptors (Lipinski definition) is 5. The van der Waals surface area contributed by atoms with Gasteiger partial charge in [0.05, 0.1) is 17.3 Å². The maximum atomic E-state index is 13.2. The van der Waals surface area contributed by atoms with Gasteiger partial charge in [-0.1, -0.05) is 23.4 Å². The fraction of sp³-hybridized carbons (Fsp3) is 0.190. The van der Waals surface area contributed by atoms with Crippen molar-refractivity contribution >= 4 is 17.5 Å². The molecule has 162 valence electrons. The molecule has 2 N–H and O–H groups in total. The van der Waals surface area contributed by atoms with Crippen molar-refractivity contribution in [1.29, 1.82) is 0 Å². The second kappa shape index (κ2) is 8.50. The summed E-state index contributed by atoms with van der Waals surface area (Å²) in [6.07, 6.45) is -3.32. The van der Waals surface area contributed by atoms with Gasteiger partial charge in [-0.05, 0) is 36.8 Å². The Labute approximate surface area is 175 Å².